The van der Waals surface area contributed by atoms with Gasteiger partial charge in [0.25, 0.3) is 10.0 Å². The normalized spacial score (nSPS) is 11.2. The lowest BCUT2D eigenvalue weighted by molar-refractivity contribution is 0.0691. The summed E-state index contributed by atoms with van der Waals surface area (Å²) in [5.41, 5.74) is 1.06. The van der Waals surface area contributed by atoms with Crippen molar-refractivity contribution in [2.45, 2.75) is 11.8 Å². The van der Waals surface area contributed by atoms with Gasteiger partial charge in [-0.2, -0.15) is 0 Å². The maximum absolute atomic E-state index is 12.1. The van der Waals surface area contributed by atoms with Crippen LogP contribution in [-0.2, 0) is 10.0 Å². The number of carboxylic acids is 1. The number of aryl methyl sites for hydroxylation is 1. The molecule has 0 saturated carbocycles. The first kappa shape index (κ1) is 13.2. The number of hydrogen-bond acceptors (Lipinski definition) is 3. The quantitative estimate of drug-likeness (QED) is 0.795. The second-order valence-electron chi connectivity index (χ2n) is 3.97. The van der Waals surface area contributed by atoms with Crippen LogP contribution in [0.25, 0.3) is 0 Å². The van der Waals surface area contributed by atoms with Crippen LogP contribution in [0.15, 0.2) is 41.4 Å². The Morgan fingerprint density at radius 1 is 1.32 bits per heavy atom. The molecule has 3 N–H and O–H groups in total. The summed E-state index contributed by atoms with van der Waals surface area (Å²) < 4.78 is 26.5. The molecule has 2 aromatic rings. The number of nitrogens with one attached hydrogen (secondary N) is 2. The van der Waals surface area contributed by atoms with Crippen LogP contribution in [0.5, 0.6) is 0 Å². The third kappa shape index (κ3) is 2.76. The minimum atomic E-state index is -3.79. The highest BCUT2D eigenvalue weighted by Crippen LogP contribution is 2.19. The Morgan fingerprint density at radius 2 is 2.00 bits per heavy atom. The van der Waals surface area contributed by atoms with Crippen molar-refractivity contribution < 1.29 is 18.3 Å². The summed E-state index contributed by atoms with van der Waals surface area (Å²) in [7, 11) is -3.79. The van der Waals surface area contributed by atoms with Crippen molar-refractivity contribution in [3.05, 3.63) is 47.8 Å². The van der Waals surface area contributed by atoms with Crippen molar-refractivity contribution in [2.24, 2.45) is 0 Å². The highest BCUT2D eigenvalue weighted by molar-refractivity contribution is 7.92. The number of hydrogen-bond donors (Lipinski definition) is 3. The molecule has 0 bridgehead atoms. The van der Waals surface area contributed by atoms with Crippen molar-refractivity contribution in [3.63, 3.8) is 0 Å². The minimum absolute atomic E-state index is 0.117. The van der Waals surface area contributed by atoms with E-state index in [1.807, 2.05) is 0 Å². The van der Waals surface area contributed by atoms with Crippen molar-refractivity contribution in [1.82, 2.24) is 4.98 Å². The zero-order chi connectivity index (χ0) is 14.0. The van der Waals surface area contributed by atoms with Gasteiger partial charge in [0.1, 0.15) is 10.6 Å². The molecule has 0 amide bonds. The fourth-order valence-corrected chi connectivity index (χ4v) is 2.67. The van der Waals surface area contributed by atoms with Crippen LogP contribution in [0.4, 0.5) is 5.69 Å². The largest absolute Gasteiger partial charge is 0.477 e. The van der Waals surface area contributed by atoms with Gasteiger partial charge in [0.15, 0.2) is 0 Å². The van der Waals surface area contributed by atoms with Crippen LogP contribution in [0.2, 0.25) is 0 Å². The van der Waals surface area contributed by atoms with Crippen LogP contribution >= 0.6 is 0 Å². The smallest absolute Gasteiger partial charge is 0.352 e. The van der Waals surface area contributed by atoms with Gasteiger partial charge < -0.3 is 10.1 Å². The fraction of sp³-hybridized carbons (Fsp3) is 0.0833. The molecule has 100 valence electrons. The van der Waals surface area contributed by atoms with Crippen molar-refractivity contribution in [3.8, 4) is 0 Å². The number of anilines is 1. The summed E-state index contributed by atoms with van der Waals surface area (Å²) in [6.07, 6.45) is 1.14. The summed E-state index contributed by atoms with van der Waals surface area (Å²) in [4.78, 5) is 13.0. The van der Waals surface area contributed by atoms with Crippen LogP contribution in [0.1, 0.15) is 16.1 Å². The van der Waals surface area contributed by atoms with Crippen LogP contribution in [-0.4, -0.2) is 24.5 Å². The molecule has 0 spiro atoms. The molecule has 0 aliphatic heterocycles. The number of carbonyl (C=O) groups is 1. The van der Waals surface area contributed by atoms with Crippen LogP contribution in [0, 0.1) is 6.92 Å². The van der Waals surface area contributed by atoms with Crippen LogP contribution < -0.4 is 4.72 Å². The molecule has 0 saturated heterocycles. The van der Waals surface area contributed by atoms with Gasteiger partial charge in [-0.15, -0.1) is 0 Å². The third-order valence-electron chi connectivity index (χ3n) is 2.59. The van der Waals surface area contributed by atoms with Gasteiger partial charge in [0, 0.05) is 6.20 Å². The maximum Gasteiger partial charge on any atom is 0.352 e. The van der Waals surface area contributed by atoms with E-state index in [1.165, 1.54) is 0 Å². The highest BCUT2D eigenvalue weighted by atomic mass is 32.2. The molecule has 0 atom stereocenters. The molecule has 0 fully saturated rings. The molecule has 0 unspecified atom stereocenters. The highest BCUT2D eigenvalue weighted by Gasteiger charge is 2.18. The van der Waals surface area contributed by atoms with Gasteiger partial charge in [-0.3, -0.25) is 4.72 Å². The molecular weight excluding hydrogens is 268 g/mol. The Kier molecular flexibility index (Phi) is 3.30. The van der Waals surface area contributed by atoms with Crippen molar-refractivity contribution in [1.29, 1.82) is 0 Å². The second kappa shape index (κ2) is 4.77. The standard InChI is InChI=1S/C12H12N2O4S/c1-8-4-2-3-5-10(8)14-19(17,18)9-6-11(12(15)16)13-7-9/h2-7,13-14H,1H3,(H,15,16). The van der Waals surface area contributed by atoms with E-state index in [1.54, 1.807) is 31.2 Å². The average Bonchev–Trinajstić information content (AvgIpc) is 2.82. The Bertz CT molecular complexity index is 719. The summed E-state index contributed by atoms with van der Waals surface area (Å²) in [6.45, 7) is 1.78. The number of rotatable bonds is 4. The number of sulfonamides is 1. The molecule has 1 heterocycles. The van der Waals surface area contributed by atoms with Crippen molar-refractivity contribution in [2.75, 3.05) is 4.72 Å². The average molecular weight is 280 g/mol. The predicted octanol–water partition coefficient (Wildman–Crippen LogP) is 1.82. The zero-order valence-electron chi connectivity index (χ0n) is 10.0. The molecule has 7 heteroatoms. The van der Waals surface area contributed by atoms with Gasteiger partial charge >= 0.3 is 5.97 Å². The number of carboxylic acid groups (broad SMARTS) is 1. The Morgan fingerprint density at radius 3 is 2.58 bits per heavy atom. The third-order valence-corrected chi connectivity index (χ3v) is 3.93. The summed E-state index contributed by atoms with van der Waals surface area (Å²) in [5, 5.41) is 8.75. The molecule has 19 heavy (non-hydrogen) atoms. The fourth-order valence-electron chi connectivity index (χ4n) is 1.54. The lowest BCUT2D eigenvalue weighted by Crippen LogP contribution is -2.13. The van der Waals surface area contributed by atoms with Gasteiger partial charge in [0.05, 0.1) is 5.69 Å². The van der Waals surface area contributed by atoms with E-state index in [4.69, 9.17) is 5.11 Å². The molecule has 1 aromatic carbocycles. The molecule has 2 rings (SSSR count). The Balaban J connectivity index is 2.32. The lowest BCUT2D eigenvalue weighted by atomic mass is 10.2. The van der Waals surface area contributed by atoms with E-state index < -0.39 is 16.0 Å². The van der Waals surface area contributed by atoms with E-state index in [-0.39, 0.29) is 10.6 Å². The molecular formula is C12H12N2O4S. The Labute approximate surface area is 110 Å². The summed E-state index contributed by atoms with van der Waals surface area (Å²) in [6, 6.07) is 7.99. The van der Waals surface area contributed by atoms with Gasteiger partial charge in [0.2, 0.25) is 0 Å². The van der Waals surface area contributed by atoms with Gasteiger partial charge in [-0.1, -0.05) is 18.2 Å². The SMILES string of the molecule is Cc1ccccc1NS(=O)(=O)c1c[nH]c(C(=O)O)c1. The van der Waals surface area contributed by atoms with Gasteiger partial charge in [-0.25, -0.2) is 13.2 Å². The first-order valence-corrected chi connectivity index (χ1v) is 6.88. The maximum atomic E-state index is 12.1. The topological polar surface area (TPSA) is 99.3 Å². The van der Waals surface area contributed by atoms with Crippen molar-refractivity contribution >= 4 is 21.7 Å². The van der Waals surface area contributed by atoms with E-state index in [0.29, 0.717) is 5.69 Å². The van der Waals surface area contributed by atoms with E-state index in [9.17, 15) is 13.2 Å². The number of aromatic carboxylic acids is 1. The van der Waals surface area contributed by atoms with Crippen LogP contribution in [0.3, 0.4) is 0 Å². The second-order valence-corrected chi connectivity index (χ2v) is 5.66. The summed E-state index contributed by atoms with van der Waals surface area (Å²) >= 11 is 0. The Hall–Kier alpha value is -2.28. The van der Waals surface area contributed by atoms with E-state index in [0.717, 1.165) is 17.8 Å². The molecule has 1 aromatic heterocycles. The number of H-pyrrole nitrogens is 1. The number of para-hydroxylation sites is 1. The lowest BCUT2D eigenvalue weighted by Gasteiger charge is -2.08. The number of benzene rings is 1. The molecule has 0 aliphatic rings. The number of aromatic nitrogens is 1. The predicted molar refractivity (Wildman–Crippen MR) is 69.7 cm³/mol. The minimum Gasteiger partial charge on any atom is -0.477 e. The first-order valence-electron chi connectivity index (χ1n) is 5.40. The first-order chi connectivity index (χ1) is 8.90. The monoisotopic (exact) mass is 280 g/mol. The molecule has 6 nitrogen and oxygen atoms in total. The summed E-state index contributed by atoms with van der Waals surface area (Å²) in [5.74, 6) is -1.21. The van der Waals surface area contributed by atoms with E-state index >= 15 is 0 Å². The molecule has 0 aliphatic carbocycles. The zero-order valence-corrected chi connectivity index (χ0v) is 10.9. The number of aromatic amines is 1. The van der Waals surface area contributed by atoms with E-state index in [2.05, 4.69) is 9.71 Å². The van der Waals surface area contributed by atoms with Gasteiger partial charge in [-0.05, 0) is 24.6 Å². The molecule has 0 radical (unpaired) electrons.